The normalized spacial score (nSPS) is 10.8. The minimum absolute atomic E-state index is 0.230. The molecule has 0 aliphatic carbocycles. The first-order valence-corrected chi connectivity index (χ1v) is 9.95. The summed E-state index contributed by atoms with van der Waals surface area (Å²) in [5.41, 5.74) is 10.8. The molecule has 156 valence electrons. The molecule has 4 N–H and O–H groups in total. The number of nitrogens with zero attached hydrogens (tertiary/aromatic N) is 4. The lowest BCUT2D eigenvalue weighted by molar-refractivity contribution is 0.102. The summed E-state index contributed by atoms with van der Waals surface area (Å²) in [6.45, 7) is 0. The number of nitrogen functional groups attached to an aromatic ring is 1. The zero-order valence-electron chi connectivity index (χ0n) is 16.9. The number of amides is 1. The van der Waals surface area contributed by atoms with Crippen molar-refractivity contribution in [3.05, 3.63) is 97.1 Å². The van der Waals surface area contributed by atoms with Crippen LogP contribution in [0.25, 0.3) is 17.0 Å². The maximum atomic E-state index is 12.5. The molecule has 0 aliphatic heterocycles. The first-order valence-electron chi connectivity index (χ1n) is 9.95. The molecule has 0 saturated heterocycles. The summed E-state index contributed by atoms with van der Waals surface area (Å²) in [6.07, 6.45) is 5.24. The molecule has 3 aromatic heterocycles. The van der Waals surface area contributed by atoms with Gasteiger partial charge in [-0.05, 0) is 48.5 Å². The largest absolute Gasteiger partial charge is 0.397 e. The van der Waals surface area contributed by atoms with E-state index in [0.717, 1.165) is 22.7 Å². The molecule has 0 unspecified atom stereocenters. The van der Waals surface area contributed by atoms with Gasteiger partial charge < -0.3 is 16.4 Å². The number of rotatable bonds is 5. The van der Waals surface area contributed by atoms with Crippen molar-refractivity contribution >= 4 is 34.4 Å². The highest BCUT2D eigenvalue weighted by atomic mass is 16.1. The number of hydrogen-bond donors (Lipinski definition) is 3. The topological polar surface area (TPSA) is 110 Å². The molecule has 5 rings (SSSR count). The van der Waals surface area contributed by atoms with E-state index in [1.807, 2.05) is 59.1 Å². The van der Waals surface area contributed by atoms with E-state index in [1.165, 1.54) is 6.33 Å². The van der Waals surface area contributed by atoms with Crippen molar-refractivity contribution in [1.82, 2.24) is 19.4 Å². The molecule has 0 atom stereocenters. The van der Waals surface area contributed by atoms with Crippen LogP contribution in [0.15, 0.2) is 91.5 Å². The number of carbonyl (C=O) groups excluding carboxylic acids is 1. The number of pyridine rings is 1. The van der Waals surface area contributed by atoms with Gasteiger partial charge in [0.1, 0.15) is 17.8 Å². The van der Waals surface area contributed by atoms with Crippen LogP contribution in [-0.4, -0.2) is 25.3 Å². The van der Waals surface area contributed by atoms with E-state index in [2.05, 4.69) is 25.6 Å². The Bertz CT molecular complexity index is 1410. The fraction of sp³-hybridized carbons (Fsp3) is 0. The zero-order chi connectivity index (χ0) is 21.9. The number of para-hydroxylation sites is 2. The summed E-state index contributed by atoms with van der Waals surface area (Å²) < 4.78 is 1.97. The third kappa shape index (κ3) is 3.84. The van der Waals surface area contributed by atoms with Crippen LogP contribution in [0.2, 0.25) is 0 Å². The summed E-state index contributed by atoms with van der Waals surface area (Å²) >= 11 is 0. The number of aromatic nitrogens is 4. The van der Waals surface area contributed by atoms with Crippen LogP contribution in [0.1, 0.15) is 10.4 Å². The second-order valence-corrected chi connectivity index (χ2v) is 7.10. The fourth-order valence-electron chi connectivity index (χ4n) is 3.35. The maximum absolute atomic E-state index is 12.5. The Kier molecular flexibility index (Phi) is 4.93. The van der Waals surface area contributed by atoms with Crippen molar-refractivity contribution in [2.45, 2.75) is 0 Å². The Morgan fingerprint density at radius 3 is 2.56 bits per heavy atom. The van der Waals surface area contributed by atoms with Gasteiger partial charge in [-0.2, -0.15) is 0 Å². The van der Waals surface area contributed by atoms with E-state index in [-0.39, 0.29) is 5.91 Å². The number of benzene rings is 2. The molecular formula is C24H19N7O. The molecule has 8 heteroatoms. The van der Waals surface area contributed by atoms with Crippen molar-refractivity contribution in [2.75, 3.05) is 16.4 Å². The van der Waals surface area contributed by atoms with Crippen LogP contribution in [0.5, 0.6) is 0 Å². The molecule has 32 heavy (non-hydrogen) atoms. The molecule has 0 bridgehead atoms. The predicted molar refractivity (Wildman–Crippen MR) is 125 cm³/mol. The van der Waals surface area contributed by atoms with E-state index < -0.39 is 0 Å². The molecule has 0 fully saturated rings. The SMILES string of the molecule is Nc1ccccc1NC(=O)c1ccc(Nc2cc(-c3cnc4ccccn34)ncn2)cc1. The first-order chi connectivity index (χ1) is 15.7. The van der Waals surface area contributed by atoms with Crippen LogP contribution >= 0.6 is 0 Å². The van der Waals surface area contributed by atoms with Gasteiger partial charge in [0.05, 0.1) is 29.0 Å². The highest BCUT2D eigenvalue weighted by Crippen LogP contribution is 2.23. The highest BCUT2D eigenvalue weighted by molar-refractivity contribution is 6.05. The molecule has 5 aromatic rings. The van der Waals surface area contributed by atoms with Crippen LogP contribution in [-0.2, 0) is 0 Å². The number of imidazole rings is 1. The summed E-state index contributed by atoms with van der Waals surface area (Å²) in [4.78, 5) is 25.6. The van der Waals surface area contributed by atoms with Crippen LogP contribution in [0.4, 0.5) is 22.9 Å². The molecule has 0 spiro atoms. The third-order valence-electron chi connectivity index (χ3n) is 4.98. The Morgan fingerprint density at radius 1 is 0.906 bits per heavy atom. The average Bonchev–Trinajstić information content (AvgIpc) is 3.25. The molecule has 0 radical (unpaired) electrons. The standard InChI is InChI=1S/C24H19N7O/c25-18-5-1-2-6-19(18)30-24(32)16-8-10-17(11-9-16)29-22-13-20(27-15-28-22)21-14-26-23-7-3-4-12-31(21)23/h1-15H,25H2,(H,30,32)(H,27,28,29). The molecule has 3 heterocycles. The van der Waals surface area contributed by atoms with Gasteiger partial charge in [-0.25, -0.2) is 15.0 Å². The highest BCUT2D eigenvalue weighted by Gasteiger charge is 2.10. The zero-order valence-corrected chi connectivity index (χ0v) is 16.9. The fourth-order valence-corrected chi connectivity index (χ4v) is 3.35. The molecular weight excluding hydrogens is 402 g/mol. The Morgan fingerprint density at radius 2 is 1.72 bits per heavy atom. The van der Waals surface area contributed by atoms with Gasteiger partial charge in [-0.3, -0.25) is 9.20 Å². The van der Waals surface area contributed by atoms with Crippen molar-refractivity contribution < 1.29 is 4.79 Å². The number of carbonyl (C=O) groups is 1. The molecule has 8 nitrogen and oxygen atoms in total. The van der Waals surface area contributed by atoms with E-state index >= 15 is 0 Å². The predicted octanol–water partition coefficient (Wildman–Crippen LogP) is 4.37. The van der Waals surface area contributed by atoms with Crippen molar-refractivity contribution in [3.8, 4) is 11.4 Å². The van der Waals surface area contributed by atoms with Gasteiger partial charge in [-0.15, -0.1) is 0 Å². The van der Waals surface area contributed by atoms with Crippen LogP contribution < -0.4 is 16.4 Å². The lowest BCUT2D eigenvalue weighted by Gasteiger charge is -2.10. The van der Waals surface area contributed by atoms with E-state index in [1.54, 1.807) is 30.5 Å². The monoisotopic (exact) mass is 421 g/mol. The average molecular weight is 421 g/mol. The summed E-state index contributed by atoms with van der Waals surface area (Å²) in [6, 6.07) is 21.9. The maximum Gasteiger partial charge on any atom is 0.255 e. The van der Waals surface area contributed by atoms with Gasteiger partial charge in [-0.1, -0.05) is 18.2 Å². The number of nitrogens with two attached hydrogens (primary N) is 1. The van der Waals surface area contributed by atoms with Gasteiger partial charge in [0, 0.05) is 23.5 Å². The van der Waals surface area contributed by atoms with Gasteiger partial charge in [0.15, 0.2) is 0 Å². The number of nitrogens with one attached hydrogen (secondary N) is 2. The number of hydrogen-bond acceptors (Lipinski definition) is 6. The second kappa shape index (κ2) is 8.19. The summed E-state index contributed by atoms with van der Waals surface area (Å²) in [7, 11) is 0. The van der Waals surface area contributed by atoms with E-state index in [0.29, 0.717) is 22.8 Å². The minimum Gasteiger partial charge on any atom is -0.397 e. The lowest BCUT2D eigenvalue weighted by atomic mass is 10.2. The lowest BCUT2D eigenvalue weighted by Crippen LogP contribution is -2.13. The van der Waals surface area contributed by atoms with Gasteiger partial charge in [0.25, 0.3) is 5.91 Å². The number of fused-ring (bicyclic) bond motifs is 1. The molecule has 0 aliphatic rings. The van der Waals surface area contributed by atoms with Crippen molar-refractivity contribution in [2.24, 2.45) is 0 Å². The van der Waals surface area contributed by atoms with E-state index in [4.69, 9.17) is 5.73 Å². The Balaban J connectivity index is 1.32. The molecule has 1 amide bonds. The Hall–Kier alpha value is -4.72. The van der Waals surface area contributed by atoms with Crippen LogP contribution in [0.3, 0.4) is 0 Å². The molecule has 2 aromatic carbocycles. The van der Waals surface area contributed by atoms with Gasteiger partial charge >= 0.3 is 0 Å². The summed E-state index contributed by atoms with van der Waals surface area (Å²) in [5.74, 6) is 0.404. The second-order valence-electron chi connectivity index (χ2n) is 7.10. The first kappa shape index (κ1) is 19.3. The quantitative estimate of drug-likeness (QED) is 0.364. The van der Waals surface area contributed by atoms with Crippen LogP contribution in [0, 0.1) is 0 Å². The van der Waals surface area contributed by atoms with Crippen molar-refractivity contribution in [1.29, 1.82) is 0 Å². The molecule has 0 saturated carbocycles. The number of anilines is 4. The third-order valence-corrected chi connectivity index (χ3v) is 4.98. The van der Waals surface area contributed by atoms with Gasteiger partial charge in [0.2, 0.25) is 0 Å². The smallest absolute Gasteiger partial charge is 0.255 e. The minimum atomic E-state index is -0.230. The summed E-state index contributed by atoms with van der Waals surface area (Å²) in [5, 5.41) is 6.07. The Labute approximate surface area is 183 Å². The van der Waals surface area contributed by atoms with E-state index in [9.17, 15) is 4.79 Å². The van der Waals surface area contributed by atoms with Crippen molar-refractivity contribution in [3.63, 3.8) is 0 Å².